The van der Waals surface area contributed by atoms with Gasteiger partial charge in [0.15, 0.2) is 0 Å². The second kappa shape index (κ2) is 8.04. The summed E-state index contributed by atoms with van der Waals surface area (Å²) in [7, 11) is 3.41. The largest absolute Gasteiger partial charge is 0.497 e. The normalized spacial score (nSPS) is 19.5. The number of likely N-dealkylation sites (tertiary alicyclic amines) is 1. The smallest absolute Gasteiger partial charge is 0.226 e. The molecule has 3 rings (SSSR count). The monoisotopic (exact) mass is 352 g/mol. The predicted molar refractivity (Wildman–Crippen MR) is 99.8 cm³/mol. The van der Waals surface area contributed by atoms with Gasteiger partial charge >= 0.3 is 0 Å². The van der Waals surface area contributed by atoms with E-state index < -0.39 is 0 Å². The molecule has 26 heavy (non-hydrogen) atoms. The molecule has 2 aromatic rings. The van der Waals surface area contributed by atoms with Crippen molar-refractivity contribution in [1.29, 1.82) is 0 Å². The van der Waals surface area contributed by atoms with Crippen LogP contribution >= 0.6 is 0 Å². The minimum Gasteiger partial charge on any atom is -0.497 e. The van der Waals surface area contributed by atoms with E-state index in [-0.39, 0.29) is 30.2 Å². The van der Waals surface area contributed by atoms with Gasteiger partial charge in [-0.05, 0) is 29.7 Å². The molecule has 0 unspecified atom stereocenters. The predicted octanol–water partition coefficient (Wildman–Crippen LogP) is 2.57. The highest BCUT2D eigenvalue weighted by molar-refractivity contribution is 5.90. The van der Waals surface area contributed by atoms with E-state index in [1.807, 2.05) is 54.6 Å². The van der Waals surface area contributed by atoms with Gasteiger partial charge in [-0.3, -0.25) is 9.59 Å². The quantitative estimate of drug-likeness (QED) is 0.869. The Bertz CT molecular complexity index is 759. The van der Waals surface area contributed by atoms with E-state index in [0.29, 0.717) is 6.54 Å². The highest BCUT2D eigenvalue weighted by atomic mass is 16.5. The molecule has 1 aliphatic rings. The molecule has 1 fully saturated rings. The fourth-order valence-electron chi connectivity index (χ4n) is 3.46. The van der Waals surface area contributed by atoms with E-state index in [2.05, 4.69) is 5.32 Å². The Morgan fingerprint density at radius 2 is 1.85 bits per heavy atom. The van der Waals surface area contributed by atoms with E-state index in [9.17, 15) is 9.59 Å². The molecule has 1 heterocycles. The van der Waals surface area contributed by atoms with Crippen molar-refractivity contribution in [2.45, 2.75) is 18.9 Å². The summed E-state index contributed by atoms with van der Waals surface area (Å²) in [5.41, 5.74) is 2.13. The van der Waals surface area contributed by atoms with Gasteiger partial charge in [0.05, 0.1) is 19.1 Å². The van der Waals surface area contributed by atoms with Crippen molar-refractivity contribution in [3.63, 3.8) is 0 Å². The summed E-state index contributed by atoms with van der Waals surface area (Å²) < 4.78 is 5.15. The zero-order valence-corrected chi connectivity index (χ0v) is 15.1. The molecule has 0 spiro atoms. The summed E-state index contributed by atoms with van der Waals surface area (Å²) >= 11 is 0. The second-order valence-corrected chi connectivity index (χ2v) is 6.56. The molecule has 1 aliphatic heterocycles. The minimum atomic E-state index is -0.356. The number of methoxy groups -OCH3 is 1. The van der Waals surface area contributed by atoms with Gasteiger partial charge in [0, 0.05) is 20.0 Å². The number of hydrogen-bond acceptors (Lipinski definition) is 3. The molecular formula is C21H24N2O3. The SMILES string of the molecule is COc1ccc(CCNC(=O)[C@H]2CC(=O)N(C)[C@H]2c2ccccc2)cc1. The number of rotatable bonds is 6. The zero-order valence-electron chi connectivity index (χ0n) is 15.1. The Labute approximate surface area is 154 Å². The molecule has 0 aromatic heterocycles. The molecule has 2 amide bonds. The second-order valence-electron chi connectivity index (χ2n) is 6.56. The summed E-state index contributed by atoms with van der Waals surface area (Å²) in [4.78, 5) is 26.5. The summed E-state index contributed by atoms with van der Waals surface area (Å²) in [5, 5.41) is 2.99. The van der Waals surface area contributed by atoms with Gasteiger partial charge in [0.25, 0.3) is 0 Å². The topological polar surface area (TPSA) is 58.6 Å². The van der Waals surface area contributed by atoms with Gasteiger partial charge < -0.3 is 15.0 Å². The van der Waals surface area contributed by atoms with Crippen LogP contribution in [0, 0.1) is 5.92 Å². The fraction of sp³-hybridized carbons (Fsp3) is 0.333. The van der Waals surface area contributed by atoms with E-state index >= 15 is 0 Å². The number of hydrogen-bond donors (Lipinski definition) is 1. The third-order valence-corrected chi connectivity index (χ3v) is 4.94. The molecule has 0 radical (unpaired) electrons. The Morgan fingerprint density at radius 1 is 1.15 bits per heavy atom. The summed E-state index contributed by atoms with van der Waals surface area (Å²) in [6, 6.07) is 17.3. The fourth-order valence-corrected chi connectivity index (χ4v) is 3.46. The average Bonchev–Trinajstić information content (AvgIpc) is 2.98. The van der Waals surface area contributed by atoms with Crippen molar-refractivity contribution in [1.82, 2.24) is 10.2 Å². The lowest BCUT2D eigenvalue weighted by atomic mass is 9.93. The molecule has 0 aliphatic carbocycles. The van der Waals surface area contributed by atoms with Gasteiger partial charge in [-0.1, -0.05) is 42.5 Å². The summed E-state index contributed by atoms with van der Waals surface area (Å²) in [5.74, 6) is 0.404. The number of nitrogens with one attached hydrogen (secondary N) is 1. The van der Waals surface area contributed by atoms with Crippen molar-refractivity contribution in [3.05, 3.63) is 65.7 Å². The first-order chi connectivity index (χ1) is 12.6. The Kier molecular flexibility index (Phi) is 5.56. The molecule has 1 saturated heterocycles. The van der Waals surface area contributed by atoms with Crippen LogP contribution in [-0.2, 0) is 16.0 Å². The molecule has 1 N–H and O–H groups in total. The van der Waals surface area contributed by atoms with Crippen LogP contribution in [0.15, 0.2) is 54.6 Å². The highest BCUT2D eigenvalue weighted by Crippen LogP contribution is 2.36. The van der Waals surface area contributed by atoms with Crippen molar-refractivity contribution in [2.75, 3.05) is 20.7 Å². The molecule has 5 heteroatoms. The molecule has 0 saturated carbocycles. The molecule has 0 bridgehead atoms. The van der Waals surface area contributed by atoms with Crippen molar-refractivity contribution in [2.24, 2.45) is 5.92 Å². The van der Waals surface area contributed by atoms with Crippen LogP contribution in [0.25, 0.3) is 0 Å². The maximum atomic E-state index is 12.7. The Morgan fingerprint density at radius 3 is 2.50 bits per heavy atom. The molecule has 2 atom stereocenters. The Hall–Kier alpha value is -2.82. The van der Waals surface area contributed by atoms with E-state index in [4.69, 9.17) is 4.74 Å². The Balaban J connectivity index is 1.61. The van der Waals surface area contributed by atoms with Crippen molar-refractivity contribution in [3.8, 4) is 5.75 Å². The lowest BCUT2D eigenvalue weighted by Gasteiger charge is -2.25. The molecule has 136 valence electrons. The lowest BCUT2D eigenvalue weighted by Crippen LogP contribution is -2.35. The lowest BCUT2D eigenvalue weighted by molar-refractivity contribution is -0.128. The van der Waals surface area contributed by atoms with Crippen LogP contribution in [0.2, 0.25) is 0 Å². The van der Waals surface area contributed by atoms with Gasteiger partial charge in [-0.15, -0.1) is 0 Å². The molecular weight excluding hydrogens is 328 g/mol. The minimum absolute atomic E-state index is 0.00848. The molecule has 2 aromatic carbocycles. The number of carbonyl (C=O) groups excluding carboxylic acids is 2. The van der Waals surface area contributed by atoms with E-state index in [1.165, 1.54) is 0 Å². The number of amides is 2. The van der Waals surface area contributed by atoms with E-state index in [1.54, 1.807) is 19.1 Å². The molecule has 5 nitrogen and oxygen atoms in total. The summed E-state index contributed by atoms with van der Waals surface area (Å²) in [6.07, 6.45) is 0.993. The van der Waals surface area contributed by atoms with Crippen LogP contribution in [0.3, 0.4) is 0 Å². The van der Waals surface area contributed by atoms with E-state index in [0.717, 1.165) is 23.3 Å². The highest BCUT2D eigenvalue weighted by Gasteiger charge is 2.42. The van der Waals surface area contributed by atoms with Crippen LogP contribution in [0.1, 0.15) is 23.6 Å². The van der Waals surface area contributed by atoms with Crippen LogP contribution in [0.4, 0.5) is 0 Å². The number of ether oxygens (including phenoxy) is 1. The van der Waals surface area contributed by atoms with Gasteiger partial charge in [-0.25, -0.2) is 0 Å². The van der Waals surface area contributed by atoms with Crippen LogP contribution in [-0.4, -0.2) is 37.4 Å². The van der Waals surface area contributed by atoms with Crippen LogP contribution in [0.5, 0.6) is 5.75 Å². The summed E-state index contributed by atoms with van der Waals surface area (Å²) in [6.45, 7) is 0.543. The van der Waals surface area contributed by atoms with Crippen LogP contribution < -0.4 is 10.1 Å². The first-order valence-electron chi connectivity index (χ1n) is 8.81. The first kappa shape index (κ1) is 18.0. The maximum absolute atomic E-state index is 12.7. The van der Waals surface area contributed by atoms with Gasteiger partial charge in [0.1, 0.15) is 5.75 Å². The number of nitrogens with zero attached hydrogens (tertiary/aromatic N) is 1. The number of carbonyl (C=O) groups is 2. The third kappa shape index (κ3) is 3.87. The number of benzene rings is 2. The standard InChI is InChI=1S/C21H24N2O3/c1-23-19(24)14-18(20(23)16-6-4-3-5-7-16)21(25)22-13-12-15-8-10-17(26-2)11-9-15/h3-11,18,20H,12-14H2,1-2H3,(H,22,25)/t18-,20-/m0/s1. The maximum Gasteiger partial charge on any atom is 0.226 e. The van der Waals surface area contributed by atoms with Crippen molar-refractivity contribution >= 4 is 11.8 Å². The first-order valence-corrected chi connectivity index (χ1v) is 8.81. The van der Waals surface area contributed by atoms with Gasteiger partial charge in [-0.2, -0.15) is 0 Å². The average molecular weight is 352 g/mol. The zero-order chi connectivity index (χ0) is 18.5. The third-order valence-electron chi connectivity index (χ3n) is 4.94. The van der Waals surface area contributed by atoms with Gasteiger partial charge in [0.2, 0.25) is 11.8 Å². The van der Waals surface area contributed by atoms with Crippen molar-refractivity contribution < 1.29 is 14.3 Å².